The van der Waals surface area contributed by atoms with Crippen molar-refractivity contribution < 1.29 is 14.6 Å². The molecule has 2 aliphatic rings. The van der Waals surface area contributed by atoms with Gasteiger partial charge in [-0.2, -0.15) is 0 Å². The van der Waals surface area contributed by atoms with Gasteiger partial charge in [-0.3, -0.25) is 4.79 Å². The summed E-state index contributed by atoms with van der Waals surface area (Å²) < 4.78 is 6.01. The van der Waals surface area contributed by atoms with Crippen LogP contribution in [0.25, 0.3) is 0 Å². The summed E-state index contributed by atoms with van der Waals surface area (Å²) in [5, 5.41) is 13.4. The zero-order chi connectivity index (χ0) is 18.3. The number of aliphatic hydroxyl groups excluding tert-OH is 1. The zero-order valence-electron chi connectivity index (χ0n) is 14.4. The van der Waals surface area contributed by atoms with Gasteiger partial charge in [0.25, 0.3) is 5.91 Å². The third-order valence-electron chi connectivity index (χ3n) is 4.97. The second kappa shape index (κ2) is 6.78. The van der Waals surface area contributed by atoms with Crippen molar-refractivity contribution in [3.63, 3.8) is 0 Å². The molecule has 1 fully saturated rings. The first-order valence-corrected chi connectivity index (χ1v) is 9.10. The van der Waals surface area contributed by atoms with Gasteiger partial charge in [0.1, 0.15) is 11.5 Å². The molecule has 0 bridgehead atoms. The Morgan fingerprint density at radius 3 is 2.85 bits per heavy atom. The van der Waals surface area contributed by atoms with Gasteiger partial charge in [-0.25, -0.2) is 4.98 Å². The smallest absolute Gasteiger partial charge is 0.262 e. The maximum Gasteiger partial charge on any atom is 0.262 e. The number of rotatable bonds is 2. The average molecular weight is 374 g/mol. The van der Waals surface area contributed by atoms with Crippen molar-refractivity contribution >= 4 is 29.0 Å². The Morgan fingerprint density at radius 2 is 2.08 bits per heavy atom. The van der Waals surface area contributed by atoms with Crippen LogP contribution in [0.1, 0.15) is 36.0 Å². The highest BCUT2D eigenvalue weighted by molar-refractivity contribution is 6.33. The normalized spacial score (nSPS) is 22.1. The molecule has 6 nitrogen and oxygen atoms in total. The molecule has 2 heterocycles. The number of nitrogens with one attached hydrogen (secondary N) is 1. The number of para-hydroxylation sites is 1. The molecular formula is C19H20ClN3O3. The van der Waals surface area contributed by atoms with Crippen molar-refractivity contribution in [2.24, 2.45) is 0 Å². The average Bonchev–Trinajstić information content (AvgIpc) is 2.74. The van der Waals surface area contributed by atoms with Crippen molar-refractivity contribution in [1.29, 1.82) is 0 Å². The molecular weight excluding hydrogens is 354 g/mol. The number of hydrogen-bond acceptors (Lipinski definition) is 5. The van der Waals surface area contributed by atoms with Crippen LogP contribution in [-0.4, -0.2) is 35.2 Å². The lowest BCUT2D eigenvalue weighted by Crippen LogP contribution is -2.28. The summed E-state index contributed by atoms with van der Waals surface area (Å²) in [5.74, 6) is 1.38. The monoisotopic (exact) mass is 373 g/mol. The molecule has 1 aromatic carbocycles. The molecule has 0 unspecified atom stereocenters. The van der Waals surface area contributed by atoms with Crippen LogP contribution < -0.4 is 15.0 Å². The SMILES string of the molecule is CN1C(=O)c2cccc(Cl)c2Oc2cc(NC3CCC(O)CC3)ncc21. The minimum atomic E-state index is -0.199. The number of amides is 1. The molecule has 26 heavy (non-hydrogen) atoms. The predicted molar refractivity (Wildman–Crippen MR) is 100 cm³/mol. The Morgan fingerprint density at radius 1 is 1.31 bits per heavy atom. The van der Waals surface area contributed by atoms with E-state index in [9.17, 15) is 9.90 Å². The first-order chi connectivity index (χ1) is 12.5. The number of fused-ring (bicyclic) bond motifs is 2. The molecule has 1 aromatic heterocycles. The van der Waals surface area contributed by atoms with Gasteiger partial charge in [-0.1, -0.05) is 17.7 Å². The second-order valence-corrected chi connectivity index (χ2v) is 7.18. The molecule has 7 heteroatoms. The Hall–Kier alpha value is -2.31. The highest BCUT2D eigenvalue weighted by Gasteiger charge is 2.28. The maximum absolute atomic E-state index is 12.7. The van der Waals surface area contributed by atoms with Crippen molar-refractivity contribution in [2.75, 3.05) is 17.3 Å². The van der Waals surface area contributed by atoms with E-state index in [1.54, 1.807) is 37.5 Å². The van der Waals surface area contributed by atoms with Crippen LogP contribution in [-0.2, 0) is 0 Å². The number of hydrogen-bond donors (Lipinski definition) is 2. The van der Waals surface area contributed by atoms with Crippen LogP contribution >= 0.6 is 11.6 Å². The van der Waals surface area contributed by atoms with E-state index in [0.29, 0.717) is 33.6 Å². The lowest BCUT2D eigenvalue weighted by atomic mass is 9.93. The Bertz CT molecular complexity index is 850. The predicted octanol–water partition coefficient (Wildman–Crippen LogP) is 3.83. The summed E-state index contributed by atoms with van der Waals surface area (Å²) in [6, 6.07) is 7.19. The maximum atomic E-state index is 12.7. The van der Waals surface area contributed by atoms with Gasteiger partial charge in [0.05, 0.1) is 22.9 Å². The largest absolute Gasteiger partial charge is 0.453 e. The van der Waals surface area contributed by atoms with E-state index in [1.807, 2.05) is 0 Å². The van der Waals surface area contributed by atoms with Crippen molar-refractivity contribution in [3.05, 3.63) is 41.0 Å². The van der Waals surface area contributed by atoms with Gasteiger partial charge in [0.2, 0.25) is 0 Å². The molecule has 1 amide bonds. The molecule has 1 saturated carbocycles. The highest BCUT2D eigenvalue weighted by Crippen LogP contribution is 2.42. The number of anilines is 2. The number of aromatic nitrogens is 1. The molecule has 0 radical (unpaired) electrons. The number of carbonyl (C=O) groups excluding carboxylic acids is 1. The fourth-order valence-corrected chi connectivity index (χ4v) is 3.67. The fourth-order valence-electron chi connectivity index (χ4n) is 3.45. The van der Waals surface area contributed by atoms with E-state index in [0.717, 1.165) is 25.7 Å². The van der Waals surface area contributed by atoms with Crippen LogP contribution in [0.15, 0.2) is 30.5 Å². The van der Waals surface area contributed by atoms with Crippen LogP contribution in [0.3, 0.4) is 0 Å². The summed E-state index contributed by atoms with van der Waals surface area (Å²) in [7, 11) is 1.69. The van der Waals surface area contributed by atoms with E-state index in [-0.39, 0.29) is 18.1 Å². The number of ether oxygens (including phenoxy) is 1. The standard InChI is InChI=1S/C19H20ClN3O3/c1-23-15-10-21-17(22-11-5-7-12(24)8-6-11)9-16(15)26-18-13(19(23)25)3-2-4-14(18)20/h2-4,9-12,24H,5-8H2,1H3,(H,21,22). The summed E-state index contributed by atoms with van der Waals surface area (Å²) in [5.41, 5.74) is 1.01. The molecule has 1 aliphatic carbocycles. The van der Waals surface area contributed by atoms with Gasteiger partial charge in [-0.05, 0) is 37.8 Å². The second-order valence-electron chi connectivity index (χ2n) is 6.77. The summed E-state index contributed by atoms with van der Waals surface area (Å²) in [6.45, 7) is 0. The molecule has 0 saturated heterocycles. The zero-order valence-corrected chi connectivity index (χ0v) is 15.2. The van der Waals surface area contributed by atoms with E-state index in [1.165, 1.54) is 4.90 Å². The van der Waals surface area contributed by atoms with Crippen molar-refractivity contribution in [3.8, 4) is 11.5 Å². The first kappa shape index (κ1) is 17.1. The van der Waals surface area contributed by atoms with Crippen LogP contribution in [0.5, 0.6) is 11.5 Å². The number of carbonyl (C=O) groups is 1. The van der Waals surface area contributed by atoms with Crippen LogP contribution in [0.4, 0.5) is 11.5 Å². The molecule has 1 aliphatic heterocycles. The van der Waals surface area contributed by atoms with Crippen molar-refractivity contribution in [1.82, 2.24) is 4.98 Å². The number of halogens is 1. The van der Waals surface area contributed by atoms with Crippen LogP contribution in [0, 0.1) is 0 Å². The summed E-state index contributed by atoms with van der Waals surface area (Å²) in [4.78, 5) is 18.7. The van der Waals surface area contributed by atoms with E-state index in [2.05, 4.69) is 10.3 Å². The number of pyridine rings is 1. The molecule has 2 N–H and O–H groups in total. The van der Waals surface area contributed by atoms with E-state index < -0.39 is 0 Å². The van der Waals surface area contributed by atoms with E-state index >= 15 is 0 Å². The Labute approximate surface area is 156 Å². The Balaban J connectivity index is 1.65. The molecule has 4 rings (SSSR count). The van der Waals surface area contributed by atoms with Crippen molar-refractivity contribution in [2.45, 2.75) is 37.8 Å². The lowest BCUT2D eigenvalue weighted by molar-refractivity contribution is 0.0993. The number of aliphatic hydroxyl groups is 1. The first-order valence-electron chi connectivity index (χ1n) is 8.72. The summed E-state index contributed by atoms with van der Waals surface area (Å²) in [6.07, 6.45) is 4.81. The van der Waals surface area contributed by atoms with Gasteiger partial charge in [0, 0.05) is 19.2 Å². The van der Waals surface area contributed by atoms with Gasteiger partial charge in [-0.15, -0.1) is 0 Å². The Kier molecular flexibility index (Phi) is 4.46. The van der Waals surface area contributed by atoms with Crippen LogP contribution in [0.2, 0.25) is 5.02 Å². The topological polar surface area (TPSA) is 74.7 Å². The van der Waals surface area contributed by atoms with Gasteiger partial charge in [0.15, 0.2) is 11.5 Å². The molecule has 0 spiro atoms. The lowest BCUT2D eigenvalue weighted by Gasteiger charge is -2.27. The minimum Gasteiger partial charge on any atom is -0.453 e. The highest BCUT2D eigenvalue weighted by atomic mass is 35.5. The van der Waals surface area contributed by atoms with E-state index in [4.69, 9.17) is 16.3 Å². The molecule has 2 aromatic rings. The number of nitrogens with zero attached hydrogens (tertiary/aromatic N) is 2. The fraction of sp³-hybridized carbons (Fsp3) is 0.368. The van der Waals surface area contributed by atoms with Gasteiger partial charge >= 0.3 is 0 Å². The minimum absolute atomic E-state index is 0.190. The third-order valence-corrected chi connectivity index (χ3v) is 5.27. The number of benzene rings is 1. The summed E-state index contributed by atoms with van der Waals surface area (Å²) >= 11 is 6.25. The molecule has 136 valence electrons. The quantitative estimate of drug-likeness (QED) is 0.836. The third kappa shape index (κ3) is 3.10. The molecule has 0 atom stereocenters. The van der Waals surface area contributed by atoms with Gasteiger partial charge < -0.3 is 20.1 Å².